The average molecular weight is 339 g/mol. The first-order valence-corrected chi connectivity index (χ1v) is 8.45. The van der Waals surface area contributed by atoms with Gasteiger partial charge in [0, 0.05) is 0 Å². The molecule has 0 spiro atoms. The van der Waals surface area contributed by atoms with Gasteiger partial charge in [-0.15, -0.1) is 0 Å². The Bertz CT molecular complexity index is 1140. The SMILES string of the molecule is C/C(=N\OC(=O)c1ccc2ccccc2c1)c1ccc2ccccc2c1. The molecule has 0 fully saturated rings. The van der Waals surface area contributed by atoms with Gasteiger partial charge in [-0.25, -0.2) is 4.79 Å². The third-order valence-electron chi connectivity index (χ3n) is 4.42. The molecule has 0 N–H and O–H groups in total. The number of oxime groups is 1. The van der Waals surface area contributed by atoms with Crippen molar-refractivity contribution in [2.24, 2.45) is 5.16 Å². The van der Waals surface area contributed by atoms with Crippen LogP contribution in [-0.2, 0) is 4.84 Å². The van der Waals surface area contributed by atoms with Gasteiger partial charge in [-0.05, 0) is 52.2 Å². The van der Waals surface area contributed by atoms with Crippen LogP contribution in [0.15, 0.2) is 90.1 Å². The molecular weight excluding hydrogens is 322 g/mol. The summed E-state index contributed by atoms with van der Waals surface area (Å²) < 4.78 is 0. The highest BCUT2D eigenvalue weighted by Crippen LogP contribution is 2.18. The minimum Gasteiger partial charge on any atom is -0.313 e. The fourth-order valence-corrected chi connectivity index (χ4v) is 2.95. The molecule has 4 rings (SSSR count). The fourth-order valence-electron chi connectivity index (χ4n) is 2.95. The summed E-state index contributed by atoms with van der Waals surface area (Å²) in [7, 11) is 0. The zero-order valence-electron chi connectivity index (χ0n) is 14.3. The molecule has 0 aliphatic rings. The lowest BCUT2D eigenvalue weighted by molar-refractivity contribution is 0.0516. The van der Waals surface area contributed by atoms with E-state index >= 15 is 0 Å². The quantitative estimate of drug-likeness (QED) is 0.278. The molecule has 0 aliphatic heterocycles. The van der Waals surface area contributed by atoms with Crippen LogP contribution in [0.2, 0.25) is 0 Å². The van der Waals surface area contributed by atoms with Gasteiger partial charge in [0.05, 0.1) is 11.3 Å². The number of hydrogen-bond acceptors (Lipinski definition) is 3. The number of nitrogens with zero attached hydrogens (tertiary/aromatic N) is 1. The van der Waals surface area contributed by atoms with E-state index < -0.39 is 5.97 Å². The van der Waals surface area contributed by atoms with Gasteiger partial charge in [0.15, 0.2) is 0 Å². The number of benzene rings is 4. The summed E-state index contributed by atoms with van der Waals surface area (Å²) in [5.74, 6) is -0.462. The molecule has 3 heteroatoms. The molecule has 3 nitrogen and oxygen atoms in total. The predicted octanol–water partition coefficient (Wildman–Crippen LogP) is 5.57. The van der Waals surface area contributed by atoms with Gasteiger partial charge in [0.2, 0.25) is 0 Å². The summed E-state index contributed by atoms with van der Waals surface area (Å²) in [4.78, 5) is 17.5. The first-order valence-electron chi connectivity index (χ1n) is 8.45. The van der Waals surface area contributed by atoms with Gasteiger partial charge in [-0.3, -0.25) is 0 Å². The summed E-state index contributed by atoms with van der Waals surface area (Å²) >= 11 is 0. The number of carbonyl (C=O) groups excluding carboxylic acids is 1. The minimum absolute atomic E-state index is 0.462. The lowest BCUT2D eigenvalue weighted by Crippen LogP contribution is -2.04. The molecule has 0 aliphatic carbocycles. The first kappa shape index (κ1) is 16.0. The van der Waals surface area contributed by atoms with E-state index in [1.807, 2.05) is 79.7 Å². The Morgan fingerprint density at radius 3 is 1.81 bits per heavy atom. The van der Waals surface area contributed by atoms with E-state index in [1.54, 1.807) is 6.07 Å². The van der Waals surface area contributed by atoms with E-state index in [-0.39, 0.29) is 0 Å². The molecule has 0 heterocycles. The Kier molecular flexibility index (Phi) is 4.20. The first-order chi connectivity index (χ1) is 12.7. The molecule has 0 atom stereocenters. The van der Waals surface area contributed by atoms with Crippen molar-refractivity contribution in [2.75, 3.05) is 0 Å². The predicted molar refractivity (Wildman–Crippen MR) is 106 cm³/mol. The molecule has 0 saturated heterocycles. The summed E-state index contributed by atoms with van der Waals surface area (Å²) in [5.41, 5.74) is 2.07. The molecule has 0 unspecified atom stereocenters. The van der Waals surface area contributed by atoms with Gasteiger partial charge < -0.3 is 4.84 Å². The monoisotopic (exact) mass is 339 g/mol. The summed E-state index contributed by atoms with van der Waals surface area (Å²) in [5, 5.41) is 8.39. The van der Waals surface area contributed by atoms with Crippen molar-refractivity contribution in [3.8, 4) is 0 Å². The van der Waals surface area contributed by atoms with Crippen LogP contribution in [0.4, 0.5) is 0 Å². The van der Waals surface area contributed by atoms with Crippen LogP contribution in [0.25, 0.3) is 21.5 Å². The van der Waals surface area contributed by atoms with Crippen LogP contribution >= 0.6 is 0 Å². The van der Waals surface area contributed by atoms with Gasteiger partial charge in [-0.1, -0.05) is 71.9 Å². The van der Waals surface area contributed by atoms with E-state index in [0.717, 1.165) is 27.1 Å². The summed E-state index contributed by atoms with van der Waals surface area (Å²) in [6.45, 7) is 1.83. The van der Waals surface area contributed by atoms with Crippen molar-refractivity contribution in [1.82, 2.24) is 0 Å². The minimum atomic E-state index is -0.462. The van der Waals surface area contributed by atoms with Crippen molar-refractivity contribution in [1.29, 1.82) is 0 Å². The van der Waals surface area contributed by atoms with E-state index in [0.29, 0.717) is 11.3 Å². The molecule has 4 aromatic rings. The zero-order valence-corrected chi connectivity index (χ0v) is 14.3. The maximum Gasteiger partial charge on any atom is 0.365 e. The smallest absolute Gasteiger partial charge is 0.313 e. The standard InChI is InChI=1S/C23H17NO2/c1-16(19-12-10-17-6-2-4-8-20(17)14-19)24-26-23(25)22-13-11-18-7-3-5-9-21(18)15-22/h2-15H,1H3/b24-16+. The molecule has 26 heavy (non-hydrogen) atoms. The Labute approximate surface area is 151 Å². The van der Waals surface area contributed by atoms with Crippen molar-refractivity contribution in [3.63, 3.8) is 0 Å². The second kappa shape index (κ2) is 6.81. The molecule has 0 amide bonds. The fraction of sp³-hybridized carbons (Fsp3) is 0.0435. The molecule has 0 saturated carbocycles. The second-order valence-electron chi connectivity index (χ2n) is 6.18. The van der Waals surface area contributed by atoms with Gasteiger partial charge in [-0.2, -0.15) is 0 Å². The second-order valence-corrected chi connectivity index (χ2v) is 6.18. The maximum absolute atomic E-state index is 12.3. The zero-order chi connectivity index (χ0) is 17.9. The van der Waals surface area contributed by atoms with Crippen molar-refractivity contribution >= 4 is 33.2 Å². The molecular formula is C23H17NO2. The topological polar surface area (TPSA) is 38.7 Å². The van der Waals surface area contributed by atoms with Crippen molar-refractivity contribution in [3.05, 3.63) is 96.1 Å². The van der Waals surface area contributed by atoms with Gasteiger partial charge in [0.25, 0.3) is 0 Å². The number of fused-ring (bicyclic) bond motifs is 2. The molecule has 4 aromatic carbocycles. The third-order valence-corrected chi connectivity index (χ3v) is 4.42. The van der Waals surface area contributed by atoms with Crippen molar-refractivity contribution in [2.45, 2.75) is 6.92 Å². The Morgan fingerprint density at radius 1 is 0.692 bits per heavy atom. The normalized spacial score (nSPS) is 11.7. The van der Waals surface area contributed by atoms with E-state index in [4.69, 9.17) is 4.84 Å². The lowest BCUT2D eigenvalue weighted by Gasteiger charge is -2.04. The van der Waals surface area contributed by atoms with Crippen LogP contribution in [0, 0.1) is 0 Å². The molecule has 126 valence electrons. The Morgan fingerprint density at radius 2 is 1.19 bits per heavy atom. The van der Waals surface area contributed by atoms with E-state index in [9.17, 15) is 4.79 Å². The van der Waals surface area contributed by atoms with Crippen LogP contribution in [0.1, 0.15) is 22.8 Å². The maximum atomic E-state index is 12.3. The Balaban J connectivity index is 1.55. The number of rotatable bonds is 3. The van der Waals surface area contributed by atoms with Crippen LogP contribution in [0.5, 0.6) is 0 Å². The van der Waals surface area contributed by atoms with Crippen LogP contribution in [-0.4, -0.2) is 11.7 Å². The van der Waals surface area contributed by atoms with Gasteiger partial charge in [0.1, 0.15) is 0 Å². The van der Waals surface area contributed by atoms with Crippen LogP contribution < -0.4 is 0 Å². The average Bonchev–Trinajstić information content (AvgIpc) is 2.71. The highest BCUT2D eigenvalue weighted by Gasteiger charge is 2.09. The van der Waals surface area contributed by atoms with Crippen LogP contribution in [0.3, 0.4) is 0 Å². The lowest BCUT2D eigenvalue weighted by atomic mass is 10.0. The summed E-state index contributed by atoms with van der Waals surface area (Å²) in [6.07, 6.45) is 0. The molecule has 0 bridgehead atoms. The highest BCUT2D eigenvalue weighted by atomic mass is 16.7. The van der Waals surface area contributed by atoms with Gasteiger partial charge >= 0.3 is 5.97 Å². The number of carbonyl (C=O) groups is 1. The highest BCUT2D eigenvalue weighted by molar-refractivity contribution is 6.02. The van der Waals surface area contributed by atoms with E-state index in [2.05, 4.69) is 11.2 Å². The third kappa shape index (κ3) is 3.20. The number of hydrogen-bond donors (Lipinski definition) is 0. The van der Waals surface area contributed by atoms with E-state index in [1.165, 1.54) is 0 Å². The Hall–Kier alpha value is -3.46. The largest absolute Gasteiger partial charge is 0.365 e. The van der Waals surface area contributed by atoms with Crippen molar-refractivity contribution < 1.29 is 9.63 Å². The molecule has 0 aromatic heterocycles. The molecule has 0 radical (unpaired) electrons. The summed E-state index contributed by atoms with van der Waals surface area (Å²) in [6, 6.07) is 27.5.